The number of aromatic amines is 2. The van der Waals surface area contributed by atoms with E-state index in [2.05, 4.69) is 26.0 Å². The summed E-state index contributed by atoms with van der Waals surface area (Å²) in [5.41, 5.74) is 6.04. The largest absolute Gasteiger partial charge is 0.497 e. The summed E-state index contributed by atoms with van der Waals surface area (Å²) in [6.45, 7) is 0. The molecule has 0 bridgehead atoms. The van der Waals surface area contributed by atoms with Gasteiger partial charge in [-0.25, -0.2) is 9.97 Å². The zero-order valence-corrected chi connectivity index (χ0v) is 15.0. The minimum Gasteiger partial charge on any atom is -0.497 e. The van der Waals surface area contributed by atoms with Crippen molar-refractivity contribution in [2.75, 3.05) is 7.11 Å². The number of benzene rings is 3. The van der Waals surface area contributed by atoms with E-state index in [0.717, 1.165) is 50.6 Å². The van der Waals surface area contributed by atoms with Crippen LogP contribution in [-0.4, -0.2) is 27.0 Å². The van der Waals surface area contributed by atoms with Crippen LogP contribution in [0, 0.1) is 11.3 Å². The molecule has 3 aromatic carbocycles. The number of ether oxygens (including phenoxy) is 1. The molecule has 0 unspecified atom stereocenters. The lowest BCUT2D eigenvalue weighted by Crippen LogP contribution is -1.83. The number of hydrogen-bond acceptors (Lipinski definition) is 4. The normalized spacial score (nSPS) is 11.0. The van der Waals surface area contributed by atoms with Gasteiger partial charge in [0.1, 0.15) is 17.4 Å². The van der Waals surface area contributed by atoms with E-state index in [1.165, 1.54) is 0 Å². The van der Waals surface area contributed by atoms with E-state index < -0.39 is 0 Å². The maximum atomic E-state index is 9.06. The summed E-state index contributed by atoms with van der Waals surface area (Å²) in [5, 5.41) is 9.06. The first-order chi connectivity index (χ1) is 13.7. The molecule has 0 radical (unpaired) electrons. The van der Waals surface area contributed by atoms with Crippen LogP contribution in [0.2, 0.25) is 0 Å². The van der Waals surface area contributed by atoms with Crippen molar-refractivity contribution in [3.05, 3.63) is 66.2 Å². The van der Waals surface area contributed by atoms with E-state index in [9.17, 15) is 0 Å². The van der Waals surface area contributed by atoms with Crippen LogP contribution in [0.25, 0.3) is 44.8 Å². The number of hydrogen-bond donors (Lipinski definition) is 2. The van der Waals surface area contributed by atoms with Crippen molar-refractivity contribution >= 4 is 22.1 Å². The van der Waals surface area contributed by atoms with Crippen molar-refractivity contribution in [2.45, 2.75) is 0 Å². The number of nitrogens with one attached hydrogen (secondary N) is 2. The molecule has 0 saturated carbocycles. The minimum atomic E-state index is 0.607. The highest BCUT2D eigenvalue weighted by molar-refractivity contribution is 5.86. The lowest BCUT2D eigenvalue weighted by Gasteiger charge is -2.00. The highest BCUT2D eigenvalue weighted by Crippen LogP contribution is 2.27. The topological polar surface area (TPSA) is 90.4 Å². The average Bonchev–Trinajstić information content (AvgIpc) is 3.36. The summed E-state index contributed by atoms with van der Waals surface area (Å²) in [6, 6.07) is 21.3. The maximum absolute atomic E-state index is 9.06. The fourth-order valence-corrected chi connectivity index (χ4v) is 3.26. The second-order valence-corrected chi connectivity index (χ2v) is 6.47. The lowest BCUT2D eigenvalue weighted by molar-refractivity contribution is 0.415. The molecule has 5 rings (SSSR count). The van der Waals surface area contributed by atoms with Crippen LogP contribution in [0.3, 0.4) is 0 Å². The molecule has 0 aliphatic carbocycles. The molecule has 5 aromatic rings. The Morgan fingerprint density at radius 2 is 1.39 bits per heavy atom. The molecule has 0 aliphatic heterocycles. The fraction of sp³-hybridized carbons (Fsp3) is 0.0455. The first kappa shape index (κ1) is 16.1. The molecule has 0 amide bonds. The molecule has 134 valence electrons. The number of methoxy groups -OCH3 is 1. The van der Waals surface area contributed by atoms with Crippen LogP contribution in [0.4, 0.5) is 0 Å². The highest BCUT2D eigenvalue weighted by Gasteiger charge is 2.10. The minimum absolute atomic E-state index is 0.607. The van der Waals surface area contributed by atoms with Gasteiger partial charge in [0.2, 0.25) is 0 Å². The van der Waals surface area contributed by atoms with E-state index in [4.69, 9.17) is 10.00 Å². The fourth-order valence-electron chi connectivity index (χ4n) is 3.26. The first-order valence-electron chi connectivity index (χ1n) is 8.78. The highest BCUT2D eigenvalue weighted by atomic mass is 16.5. The van der Waals surface area contributed by atoms with Crippen LogP contribution in [0.15, 0.2) is 60.7 Å². The van der Waals surface area contributed by atoms with Gasteiger partial charge in [-0.3, -0.25) is 0 Å². The summed E-state index contributed by atoms with van der Waals surface area (Å²) >= 11 is 0. The predicted octanol–water partition coefficient (Wildman–Crippen LogP) is 4.65. The number of nitriles is 1. The predicted molar refractivity (Wildman–Crippen MR) is 108 cm³/mol. The summed E-state index contributed by atoms with van der Waals surface area (Å²) < 4.78 is 5.21. The molecule has 6 heteroatoms. The number of aromatic nitrogens is 4. The number of imidazole rings is 2. The van der Waals surface area contributed by atoms with Crippen LogP contribution in [0.5, 0.6) is 5.75 Å². The second-order valence-electron chi connectivity index (χ2n) is 6.47. The Kier molecular flexibility index (Phi) is 3.59. The molecular weight excluding hydrogens is 350 g/mol. The van der Waals surface area contributed by atoms with Gasteiger partial charge in [-0.05, 0) is 60.7 Å². The van der Waals surface area contributed by atoms with Gasteiger partial charge in [-0.15, -0.1) is 0 Å². The third kappa shape index (κ3) is 2.66. The standard InChI is InChI=1S/C22H15N5O/c1-28-16-6-3-14(4-7-16)21-24-18-9-5-15(11-20(18)27-21)22-25-17-8-2-13(12-23)10-19(17)26-22/h2-11H,1H3,(H,24,27)(H,25,26). The number of nitrogens with zero attached hydrogens (tertiary/aromatic N) is 3. The second kappa shape index (κ2) is 6.25. The van der Waals surface area contributed by atoms with E-state index >= 15 is 0 Å². The molecule has 0 saturated heterocycles. The SMILES string of the molecule is COc1ccc(-c2nc3ccc(-c4nc5ccc(C#N)cc5[nH]4)cc3[nH]2)cc1. The van der Waals surface area contributed by atoms with E-state index in [0.29, 0.717) is 5.56 Å². The summed E-state index contributed by atoms with van der Waals surface area (Å²) in [4.78, 5) is 16.0. The molecule has 6 nitrogen and oxygen atoms in total. The van der Waals surface area contributed by atoms with Crippen molar-refractivity contribution in [3.8, 4) is 34.6 Å². The van der Waals surface area contributed by atoms with Gasteiger partial charge in [0.15, 0.2) is 0 Å². The molecular formula is C22H15N5O. The summed E-state index contributed by atoms with van der Waals surface area (Å²) in [7, 11) is 1.65. The van der Waals surface area contributed by atoms with Gasteiger partial charge in [-0.2, -0.15) is 5.26 Å². The smallest absolute Gasteiger partial charge is 0.138 e. The van der Waals surface area contributed by atoms with Crippen molar-refractivity contribution < 1.29 is 4.74 Å². The van der Waals surface area contributed by atoms with Gasteiger partial charge in [0.05, 0.1) is 40.8 Å². The summed E-state index contributed by atoms with van der Waals surface area (Å²) in [6.07, 6.45) is 0. The zero-order chi connectivity index (χ0) is 19.1. The lowest BCUT2D eigenvalue weighted by atomic mass is 10.2. The van der Waals surface area contributed by atoms with Crippen LogP contribution >= 0.6 is 0 Å². The molecule has 28 heavy (non-hydrogen) atoms. The molecule has 0 fully saturated rings. The van der Waals surface area contributed by atoms with Crippen molar-refractivity contribution in [1.82, 2.24) is 19.9 Å². The molecule has 2 N–H and O–H groups in total. The number of fused-ring (bicyclic) bond motifs is 2. The van der Waals surface area contributed by atoms with Crippen molar-refractivity contribution in [3.63, 3.8) is 0 Å². The van der Waals surface area contributed by atoms with Gasteiger partial charge in [0, 0.05) is 11.1 Å². The van der Waals surface area contributed by atoms with Crippen LogP contribution in [0.1, 0.15) is 5.56 Å². The Morgan fingerprint density at radius 3 is 2.07 bits per heavy atom. The molecule has 2 aromatic heterocycles. The van der Waals surface area contributed by atoms with Gasteiger partial charge >= 0.3 is 0 Å². The number of H-pyrrole nitrogens is 2. The van der Waals surface area contributed by atoms with Crippen LogP contribution < -0.4 is 4.74 Å². The first-order valence-corrected chi connectivity index (χ1v) is 8.78. The zero-order valence-electron chi connectivity index (χ0n) is 15.0. The average molecular weight is 365 g/mol. The quantitative estimate of drug-likeness (QED) is 0.487. The third-order valence-corrected chi connectivity index (χ3v) is 4.73. The molecule has 0 aliphatic rings. The Labute approximate surface area is 160 Å². The summed E-state index contributed by atoms with van der Waals surface area (Å²) in [5.74, 6) is 2.37. The molecule has 0 atom stereocenters. The van der Waals surface area contributed by atoms with Crippen LogP contribution in [-0.2, 0) is 0 Å². The van der Waals surface area contributed by atoms with Crippen molar-refractivity contribution in [1.29, 1.82) is 5.26 Å². The Hall–Kier alpha value is -4.11. The Balaban J connectivity index is 1.55. The Bertz CT molecular complexity index is 1360. The third-order valence-electron chi connectivity index (χ3n) is 4.73. The number of rotatable bonds is 3. The Morgan fingerprint density at radius 1 is 0.786 bits per heavy atom. The molecule has 0 spiro atoms. The van der Waals surface area contributed by atoms with Gasteiger partial charge in [-0.1, -0.05) is 0 Å². The van der Waals surface area contributed by atoms with Gasteiger partial charge < -0.3 is 14.7 Å². The monoisotopic (exact) mass is 365 g/mol. The van der Waals surface area contributed by atoms with E-state index in [1.54, 1.807) is 13.2 Å². The maximum Gasteiger partial charge on any atom is 0.138 e. The van der Waals surface area contributed by atoms with Crippen molar-refractivity contribution in [2.24, 2.45) is 0 Å². The van der Waals surface area contributed by atoms with E-state index in [-0.39, 0.29) is 0 Å². The van der Waals surface area contributed by atoms with Gasteiger partial charge in [0.25, 0.3) is 0 Å². The molecule has 2 heterocycles. The van der Waals surface area contributed by atoms with E-state index in [1.807, 2.05) is 54.6 Å².